The Hall–Kier alpha value is -0.0500. The van der Waals surface area contributed by atoms with Gasteiger partial charge in [-0.2, -0.15) is 0 Å². The second kappa shape index (κ2) is 1.97. The van der Waals surface area contributed by atoms with E-state index in [0.29, 0.717) is 0 Å². The molecule has 0 aromatic rings. The maximum Gasteiger partial charge on any atom is 0.143 e. The molecule has 3 heteroatoms. The highest BCUT2D eigenvalue weighted by molar-refractivity contribution is 9.18. The van der Waals surface area contributed by atoms with Gasteiger partial charge in [-0.3, -0.25) is 0 Å². The van der Waals surface area contributed by atoms with E-state index in [0.717, 1.165) is 4.62 Å². The maximum atomic E-state index is 5.21. The Kier molecular flexibility index (Phi) is 1.59. The first kappa shape index (κ1) is 8.05. The lowest BCUT2D eigenvalue weighted by Gasteiger charge is -2.30. The molecule has 58 valence electrons. The van der Waals surface area contributed by atoms with E-state index in [1.165, 1.54) is 0 Å². The molecule has 0 amide bonds. The first-order valence-corrected chi connectivity index (χ1v) is 4.09. The monoisotopic (exact) mass is 205 g/mol. The summed E-state index contributed by atoms with van der Waals surface area (Å²) in [5, 5.41) is 3.88. The lowest BCUT2D eigenvalue weighted by atomic mass is 9.79. The normalized spacial score (nSPS) is 27.5. The molecule has 0 aliphatic carbocycles. The third-order valence-corrected chi connectivity index (χ3v) is 3.51. The Morgan fingerprint density at radius 3 is 1.90 bits per heavy atom. The van der Waals surface area contributed by atoms with Crippen LogP contribution in [-0.4, -0.2) is 10.2 Å². The average Bonchev–Trinajstić information content (AvgIpc) is 1.94. The molecule has 0 radical (unpaired) electrons. The number of hydrogen-bond acceptors (Lipinski definition) is 2. The van der Waals surface area contributed by atoms with Gasteiger partial charge in [0.25, 0.3) is 0 Å². The van der Waals surface area contributed by atoms with E-state index in [4.69, 9.17) is 4.84 Å². The SMILES string of the molecule is CC1(C)ON=C(Br)C1(C)C. The Morgan fingerprint density at radius 1 is 1.30 bits per heavy atom. The summed E-state index contributed by atoms with van der Waals surface area (Å²) in [6, 6.07) is 0. The van der Waals surface area contributed by atoms with Crippen LogP contribution in [0.25, 0.3) is 0 Å². The van der Waals surface area contributed by atoms with Gasteiger partial charge in [-0.15, -0.1) is 0 Å². The zero-order chi connectivity index (χ0) is 7.99. The highest BCUT2D eigenvalue weighted by Gasteiger charge is 2.47. The van der Waals surface area contributed by atoms with E-state index in [-0.39, 0.29) is 11.0 Å². The van der Waals surface area contributed by atoms with Crippen molar-refractivity contribution in [3.63, 3.8) is 0 Å². The Morgan fingerprint density at radius 2 is 1.80 bits per heavy atom. The van der Waals surface area contributed by atoms with Crippen LogP contribution in [0.2, 0.25) is 0 Å². The van der Waals surface area contributed by atoms with Crippen LogP contribution >= 0.6 is 15.9 Å². The van der Waals surface area contributed by atoms with Gasteiger partial charge >= 0.3 is 0 Å². The van der Waals surface area contributed by atoms with E-state index in [1.807, 2.05) is 13.8 Å². The maximum absolute atomic E-state index is 5.21. The summed E-state index contributed by atoms with van der Waals surface area (Å²) in [5.41, 5.74) is -0.196. The summed E-state index contributed by atoms with van der Waals surface area (Å²) in [6.45, 7) is 8.27. The molecule has 0 N–H and O–H groups in total. The summed E-state index contributed by atoms with van der Waals surface area (Å²) in [4.78, 5) is 5.21. The van der Waals surface area contributed by atoms with E-state index in [1.54, 1.807) is 0 Å². The number of nitrogens with zero attached hydrogens (tertiary/aromatic N) is 1. The molecule has 0 saturated heterocycles. The summed E-state index contributed by atoms with van der Waals surface area (Å²) in [7, 11) is 0. The first-order chi connectivity index (χ1) is 4.38. The highest BCUT2D eigenvalue weighted by atomic mass is 79.9. The molecular formula is C7H12BrNO. The predicted octanol–water partition coefficient (Wildman–Crippen LogP) is 2.53. The molecule has 1 aliphatic rings. The van der Waals surface area contributed by atoms with E-state index < -0.39 is 0 Å². The largest absolute Gasteiger partial charge is 0.388 e. The molecule has 1 aliphatic heterocycles. The molecule has 0 atom stereocenters. The van der Waals surface area contributed by atoms with Crippen LogP contribution < -0.4 is 0 Å². The third-order valence-electron chi connectivity index (χ3n) is 2.37. The van der Waals surface area contributed by atoms with Crippen LogP contribution in [0.15, 0.2) is 5.16 Å². The van der Waals surface area contributed by atoms with Gasteiger partial charge in [0.1, 0.15) is 10.2 Å². The number of rotatable bonds is 0. The molecule has 0 aromatic heterocycles. The van der Waals surface area contributed by atoms with Crippen LogP contribution in [0.4, 0.5) is 0 Å². The second-order valence-electron chi connectivity index (χ2n) is 3.61. The molecule has 0 bridgehead atoms. The lowest BCUT2D eigenvalue weighted by Crippen LogP contribution is -2.39. The van der Waals surface area contributed by atoms with Gasteiger partial charge in [-0.05, 0) is 43.6 Å². The van der Waals surface area contributed by atoms with Crippen molar-refractivity contribution in [3.8, 4) is 0 Å². The van der Waals surface area contributed by atoms with Gasteiger partial charge in [0.05, 0.1) is 5.41 Å². The molecule has 0 saturated carbocycles. The van der Waals surface area contributed by atoms with Crippen molar-refractivity contribution in [2.75, 3.05) is 0 Å². The zero-order valence-electron chi connectivity index (χ0n) is 6.73. The summed E-state index contributed by atoms with van der Waals surface area (Å²) in [5.74, 6) is 0. The lowest BCUT2D eigenvalue weighted by molar-refractivity contribution is -0.0407. The van der Waals surface area contributed by atoms with Gasteiger partial charge in [-0.25, -0.2) is 0 Å². The number of hydrogen-bond donors (Lipinski definition) is 0. The van der Waals surface area contributed by atoms with Gasteiger partial charge in [0.15, 0.2) is 0 Å². The van der Waals surface area contributed by atoms with Crippen molar-refractivity contribution >= 4 is 20.6 Å². The van der Waals surface area contributed by atoms with Crippen molar-refractivity contribution in [2.45, 2.75) is 33.3 Å². The fraction of sp³-hybridized carbons (Fsp3) is 0.857. The van der Waals surface area contributed by atoms with Gasteiger partial charge in [0.2, 0.25) is 0 Å². The summed E-state index contributed by atoms with van der Waals surface area (Å²) < 4.78 is 0.894. The van der Waals surface area contributed by atoms with Crippen LogP contribution in [0.3, 0.4) is 0 Å². The van der Waals surface area contributed by atoms with Crippen molar-refractivity contribution in [1.82, 2.24) is 0 Å². The minimum absolute atomic E-state index is 0.00694. The van der Waals surface area contributed by atoms with Crippen LogP contribution in [0, 0.1) is 5.41 Å². The molecule has 0 fully saturated rings. The predicted molar refractivity (Wildman–Crippen MR) is 45.3 cm³/mol. The van der Waals surface area contributed by atoms with Crippen LogP contribution in [-0.2, 0) is 4.84 Å². The third kappa shape index (κ3) is 0.875. The fourth-order valence-electron chi connectivity index (χ4n) is 0.631. The smallest absolute Gasteiger partial charge is 0.143 e. The minimum Gasteiger partial charge on any atom is -0.388 e. The standard InChI is InChI=1S/C7H12BrNO/c1-6(2)5(8)9-10-7(6,3)4/h1-4H3. The van der Waals surface area contributed by atoms with Crippen LogP contribution in [0.1, 0.15) is 27.7 Å². The van der Waals surface area contributed by atoms with E-state index >= 15 is 0 Å². The summed E-state index contributed by atoms with van der Waals surface area (Å²) in [6.07, 6.45) is 0. The average molecular weight is 206 g/mol. The molecule has 0 aromatic carbocycles. The minimum atomic E-state index is -0.189. The van der Waals surface area contributed by atoms with E-state index in [2.05, 4.69) is 34.9 Å². The molecular weight excluding hydrogens is 194 g/mol. The fourth-order valence-corrected chi connectivity index (χ4v) is 1.18. The molecule has 0 spiro atoms. The second-order valence-corrected chi connectivity index (χ2v) is 4.36. The molecule has 1 rings (SSSR count). The van der Waals surface area contributed by atoms with Crippen molar-refractivity contribution in [2.24, 2.45) is 10.6 Å². The molecule has 0 unspecified atom stereocenters. The Labute approximate surface area is 69.8 Å². The molecule has 10 heavy (non-hydrogen) atoms. The first-order valence-electron chi connectivity index (χ1n) is 3.30. The van der Waals surface area contributed by atoms with Crippen molar-refractivity contribution in [3.05, 3.63) is 0 Å². The van der Waals surface area contributed by atoms with Gasteiger partial charge in [-0.1, -0.05) is 5.16 Å². The topological polar surface area (TPSA) is 21.6 Å². The highest BCUT2D eigenvalue weighted by Crippen LogP contribution is 2.42. The Bertz CT molecular complexity index is 184. The Balaban J connectivity index is 2.96. The number of oxime groups is 1. The summed E-state index contributed by atoms with van der Waals surface area (Å²) >= 11 is 3.36. The van der Waals surface area contributed by atoms with Gasteiger partial charge < -0.3 is 4.84 Å². The molecule has 2 nitrogen and oxygen atoms in total. The quantitative estimate of drug-likeness (QED) is 0.596. The van der Waals surface area contributed by atoms with Crippen molar-refractivity contribution in [1.29, 1.82) is 0 Å². The molecule has 1 heterocycles. The van der Waals surface area contributed by atoms with Crippen LogP contribution in [0.5, 0.6) is 0 Å². The van der Waals surface area contributed by atoms with E-state index in [9.17, 15) is 0 Å². The number of halogens is 1. The van der Waals surface area contributed by atoms with Crippen molar-refractivity contribution < 1.29 is 4.84 Å². The van der Waals surface area contributed by atoms with Gasteiger partial charge in [0, 0.05) is 0 Å². The zero-order valence-corrected chi connectivity index (χ0v) is 8.32.